The van der Waals surface area contributed by atoms with E-state index in [9.17, 15) is 9.59 Å². The van der Waals surface area contributed by atoms with Crippen molar-refractivity contribution in [2.75, 3.05) is 5.32 Å². The molecule has 0 atom stereocenters. The van der Waals surface area contributed by atoms with Crippen LogP contribution in [-0.2, 0) is 0 Å². The lowest BCUT2D eigenvalue weighted by molar-refractivity contribution is 0.0967. The first kappa shape index (κ1) is 12.9. The number of H-pyrrole nitrogens is 1. The lowest BCUT2D eigenvalue weighted by Gasteiger charge is -2.06. The Kier molecular flexibility index (Phi) is 3.34. The second-order valence-electron chi connectivity index (χ2n) is 4.41. The summed E-state index contributed by atoms with van der Waals surface area (Å²) in [7, 11) is 0. The minimum absolute atomic E-state index is 0.423. The number of hydrogen-bond donors (Lipinski definition) is 3. The predicted molar refractivity (Wildman–Crippen MR) is 79.0 cm³/mol. The maximum atomic E-state index is 11.8. The minimum atomic E-state index is -0.597. The van der Waals surface area contributed by atoms with Crippen LogP contribution in [-0.4, -0.2) is 21.9 Å². The van der Waals surface area contributed by atoms with E-state index in [4.69, 9.17) is 0 Å². The van der Waals surface area contributed by atoms with Gasteiger partial charge in [-0.3, -0.25) is 10.1 Å². The van der Waals surface area contributed by atoms with Crippen molar-refractivity contribution < 1.29 is 9.59 Å². The maximum Gasteiger partial charge on any atom is 0.326 e. The zero-order chi connectivity index (χ0) is 14.7. The third-order valence-corrected chi connectivity index (χ3v) is 2.92. The quantitative estimate of drug-likeness (QED) is 0.674. The summed E-state index contributed by atoms with van der Waals surface area (Å²) in [6.45, 7) is 0. The van der Waals surface area contributed by atoms with Crippen molar-refractivity contribution in [3.05, 3.63) is 60.4 Å². The van der Waals surface area contributed by atoms with Crippen LogP contribution >= 0.6 is 0 Å². The molecule has 0 saturated carbocycles. The standard InChI is InChI=1S/C15H12N4O2/c20-14(10-4-2-1-3-5-10)19-15(21)18-12-8-11-6-7-16-13(11)17-9-12/h1-9H,(H,16,17)(H2,18,19,20,21). The lowest BCUT2D eigenvalue weighted by atomic mass is 10.2. The molecule has 3 N–H and O–H groups in total. The Morgan fingerprint density at radius 3 is 2.71 bits per heavy atom. The highest BCUT2D eigenvalue weighted by Gasteiger charge is 2.10. The summed E-state index contributed by atoms with van der Waals surface area (Å²) in [5, 5.41) is 5.72. The number of aromatic nitrogens is 2. The number of carbonyl (C=O) groups excluding carboxylic acids is 2. The van der Waals surface area contributed by atoms with E-state index >= 15 is 0 Å². The van der Waals surface area contributed by atoms with Crippen molar-refractivity contribution in [3.8, 4) is 0 Å². The van der Waals surface area contributed by atoms with E-state index < -0.39 is 11.9 Å². The molecule has 0 bridgehead atoms. The number of fused-ring (bicyclic) bond motifs is 1. The van der Waals surface area contributed by atoms with E-state index in [-0.39, 0.29) is 0 Å². The van der Waals surface area contributed by atoms with E-state index in [1.165, 1.54) is 6.20 Å². The summed E-state index contributed by atoms with van der Waals surface area (Å²) in [4.78, 5) is 30.7. The molecular weight excluding hydrogens is 268 g/mol. The largest absolute Gasteiger partial charge is 0.346 e. The Labute approximate surface area is 120 Å². The van der Waals surface area contributed by atoms with E-state index in [1.807, 2.05) is 6.07 Å². The van der Waals surface area contributed by atoms with Crippen LogP contribution in [0.25, 0.3) is 11.0 Å². The van der Waals surface area contributed by atoms with Crippen molar-refractivity contribution in [3.63, 3.8) is 0 Å². The van der Waals surface area contributed by atoms with Crippen LogP contribution in [0.1, 0.15) is 10.4 Å². The highest BCUT2D eigenvalue weighted by molar-refractivity contribution is 6.08. The van der Waals surface area contributed by atoms with Gasteiger partial charge < -0.3 is 10.3 Å². The van der Waals surface area contributed by atoms with Gasteiger partial charge in [-0.05, 0) is 24.3 Å². The van der Waals surface area contributed by atoms with E-state index in [1.54, 1.807) is 42.6 Å². The summed E-state index contributed by atoms with van der Waals surface area (Å²) in [6, 6.07) is 11.6. The monoisotopic (exact) mass is 280 g/mol. The Balaban J connectivity index is 1.67. The molecule has 21 heavy (non-hydrogen) atoms. The lowest BCUT2D eigenvalue weighted by Crippen LogP contribution is -2.34. The molecule has 0 saturated heterocycles. The van der Waals surface area contributed by atoms with Crippen LogP contribution in [0.2, 0.25) is 0 Å². The summed E-state index contributed by atoms with van der Waals surface area (Å²) >= 11 is 0. The van der Waals surface area contributed by atoms with Crippen molar-refractivity contribution in [2.45, 2.75) is 0 Å². The molecule has 0 spiro atoms. The molecule has 3 aromatic rings. The molecule has 0 aliphatic rings. The zero-order valence-corrected chi connectivity index (χ0v) is 11.0. The van der Waals surface area contributed by atoms with Gasteiger partial charge in [-0.2, -0.15) is 0 Å². The molecule has 0 aliphatic carbocycles. The third kappa shape index (κ3) is 2.89. The van der Waals surface area contributed by atoms with E-state index in [2.05, 4.69) is 20.6 Å². The fourth-order valence-electron chi connectivity index (χ4n) is 1.94. The average molecular weight is 280 g/mol. The van der Waals surface area contributed by atoms with Gasteiger partial charge in [-0.25, -0.2) is 9.78 Å². The Hall–Kier alpha value is -3.15. The normalized spacial score (nSPS) is 10.3. The molecule has 3 rings (SSSR count). The molecule has 3 amide bonds. The van der Waals surface area contributed by atoms with E-state index in [0.29, 0.717) is 11.3 Å². The van der Waals surface area contributed by atoms with Crippen LogP contribution in [0, 0.1) is 0 Å². The molecule has 104 valence electrons. The fraction of sp³-hybridized carbons (Fsp3) is 0. The topological polar surface area (TPSA) is 86.9 Å². The summed E-state index contributed by atoms with van der Waals surface area (Å²) in [5.74, 6) is -0.455. The van der Waals surface area contributed by atoms with Crippen LogP contribution in [0.4, 0.5) is 10.5 Å². The number of nitrogens with zero attached hydrogens (tertiary/aromatic N) is 1. The number of aromatic amines is 1. The fourth-order valence-corrected chi connectivity index (χ4v) is 1.94. The first-order chi connectivity index (χ1) is 10.2. The number of imide groups is 1. The first-order valence-electron chi connectivity index (χ1n) is 6.33. The van der Waals surface area contributed by atoms with Crippen LogP contribution in [0.15, 0.2) is 54.9 Å². The van der Waals surface area contributed by atoms with Crippen LogP contribution in [0.5, 0.6) is 0 Å². The number of carbonyl (C=O) groups is 2. The van der Waals surface area contributed by atoms with Gasteiger partial charge in [0.25, 0.3) is 5.91 Å². The maximum absolute atomic E-state index is 11.8. The number of rotatable bonds is 2. The van der Waals surface area contributed by atoms with Gasteiger partial charge in [-0.15, -0.1) is 0 Å². The van der Waals surface area contributed by atoms with Gasteiger partial charge in [0.15, 0.2) is 0 Å². The van der Waals surface area contributed by atoms with E-state index in [0.717, 1.165) is 11.0 Å². The molecular formula is C15H12N4O2. The van der Waals surface area contributed by atoms with Gasteiger partial charge in [-0.1, -0.05) is 18.2 Å². The SMILES string of the molecule is O=C(NC(=O)c1ccccc1)Nc1cnc2[nH]ccc2c1. The summed E-state index contributed by atoms with van der Waals surface area (Å²) < 4.78 is 0. The number of urea groups is 1. The third-order valence-electron chi connectivity index (χ3n) is 2.92. The molecule has 2 aromatic heterocycles. The predicted octanol–water partition coefficient (Wildman–Crippen LogP) is 2.52. The summed E-state index contributed by atoms with van der Waals surface area (Å²) in [5.41, 5.74) is 1.67. The molecule has 2 heterocycles. The highest BCUT2D eigenvalue weighted by atomic mass is 16.2. The number of benzene rings is 1. The molecule has 0 fully saturated rings. The molecule has 0 unspecified atom stereocenters. The molecule has 0 aliphatic heterocycles. The minimum Gasteiger partial charge on any atom is -0.346 e. The number of anilines is 1. The second-order valence-corrected chi connectivity index (χ2v) is 4.41. The number of amides is 3. The van der Waals surface area contributed by atoms with Crippen molar-refractivity contribution in [1.82, 2.24) is 15.3 Å². The Bertz CT molecular complexity index is 796. The van der Waals surface area contributed by atoms with Crippen LogP contribution < -0.4 is 10.6 Å². The van der Waals surface area contributed by atoms with Gasteiger partial charge in [0.05, 0.1) is 11.9 Å². The van der Waals surface area contributed by atoms with Gasteiger partial charge in [0.1, 0.15) is 5.65 Å². The average Bonchev–Trinajstić information content (AvgIpc) is 2.95. The Morgan fingerprint density at radius 1 is 1.10 bits per heavy atom. The van der Waals surface area contributed by atoms with Crippen LogP contribution in [0.3, 0.4) is 0 Å². The van der Waals surface area contributed by atoms with Gasteiger partial charge in [0, 0.05) is 17.1 Å². The zero-order valence-electron chi connectivity index (χ0n) is 11.0. The number of hydrogen-bond acceptors (Lipinski definition) is 3. The first-order valence-corrected chi connectivity index (χ1v) is 6.33. The summed E-state index contributed by atoms with van der Waals surface area (Å²) in [6.07, 6.45) is 3.28. The van der Waals surface area contributed by atoms with Crippen molar-refractivity contribution in [1.29, 1.82) is 0 Å². The highest BCUT2D eigenvalue weighted by Crippen LogP contribution is 2.14. The number of pyridine rings is 1. The van der Waals surface area contributed by atoms with Gasteiger partial charge in [0.2, 0.25) is 0 Å². The second kappa shape index (κ2) is 5.46. The van der Waals surface area contributed by atoms with Crippen molar-refractivity contribution in [2.24, 2.45) is 0 Å². The van der Waals surface area contributed by atoms with Gasteiger partial charge >= 0.3 is 6.03 Å². The number of nitrogens with one attached hydrogen (secondary N) is 3. The Morgan fingerprint density at radius 2 is 1.90 bits per heavy atom. The molecule has 0 radical (unpaired) electrons. The molecule has 1 aromatic carbocycles. The molecule has 6 heteroatoms. The van der Waals surface area contributed by atoms with Crippen molar-refractivity contribution >= 4 is 28.7 Å². The smallest absolute Gasteiger partial charge is 0.326 e. The molecule has 6 nitrogen and oxygen atoms in total.